The third-order valence-electron chi connectivity index (χ3n) is 3.03. The minimum atomic E-state index is -0.373. The van der Waals surface area contributed by atoms with E-state index in [-0.39, 0.29) is 18.6 Å². The van der Waals surface area contributed by atoms with Crippen molar-refractivity contribution >= 4 is 5.97 Å². The second-order valence-corrected chi connectivity index (χ2v) is 4.59. The Balaban J connectivity index is 2.24. The van der Waals surface area contributed by atoms with Crippen molar-refractivity contribution in [3.63, 3.8) is 0 Å². The van der Waals surface area contributed by atoms with Crippen LogP contribution in [-0.4, -0.2) is 45.9 Å². The van der Waals surface area contributed by atoms with Crippen LogP contribution in [0.1, 0.15) is 24.4 Å². The molecule has 0 aliphatic carbocycles. The van der Waals surface area contributed by atoms with Crippen molar-refractivity contribution in [3.8, 4) is 0 Å². The first kappa shape index (κ1) is 16.1. The Morgan fingerprint density at radius 1 is 1.41 bits per heavy atom. The third-order valence-corrected chi connectivity index (χ3v) is 3.03. The SMILES string of the molecule is CCOC(=O)Cn1nnnc1C(NCCN)c1ccccc1. The van der Waals surface area contributed by atoms with Gasteiger partial charge in [-0.3, -0.25) is 4.79 Å². The van der Waals surface area contributed by atoms with Gasteiger partial charge in [-0.1, -0.05) is 30.3 Å². The number of carbonyl (C=O) groups excluding carboxylic acids is 1. The molecule has 1 aromatic carbocycles. The number of rotatable bonds is 8. The molecule has 0 radical (unpaired) electrons. The predicted molar refractivity (Wildman–Crippen MR) is 79.8 cm³/mol. The van der Waals surface area contributed by atoms with Crippen LogP contribution in [0.3, 0.4) is 0 Å². The first-order chi connectivity index (χ1) is 10.8. The van der Waals surface area contributed by atoms with E-state index in [1.54, 1.807) is 6.92 Å². The van der Waals surface area contributed by atoms with Crippen LogP contribution in [0.15, 0.2) is 30.3 Å². The highest BCUT2D eigenvalue weighted by Crippen LogP contribution is 2.19. The highest BCUT2D eigenvalue weighted by Gasteiger charge is 2.21. The number of nitrogens with two attached hydrogens (primary N) is 1. The molecule has 0 fully saturated rings. The van der Waals surface area contributed by atoms with Crippen molar-refractivity contribution < 1.29 is 9.53 Å². The monoisotopic (exact) mass is 304 g/mol. The molecule has 0 saturated heterocycles. The Labute approximate surface area is 128 Å². The molecule has 0 amide bonds. The van der Waals surface area contributed by atoms with E-state index >= 15 is 0 Å². The fourth-order valence-electron chi connectivity index (χ4n) is 2.09. The molecule has 0 aliphatic heterocycles. The summed E-state index contributed by atoms with van der Waals surface area (Å²) in [5.74, 6) is 0.175. The molecule has 1 aromatic heterocycles. The summed E-state index contributed by atoms with van der Waals surface area (Å²) in [6.45, 7) is 3.15. The number of nitrogens with zero attached hydrogens (tertiary/aromatic N) is 4. The van der Waals surface area contributed by atoms with Gasteiger partial charge in [0, 0.05) is 13.1 Å². The van der Waals surface area contributed by atoms with E-state index in [9.17, 15) is 4.79 Å². The van der Waals surface area contributed by atoms with Crippen LogP contribution >= 0.6 is 0 Å². The minimum absolute atomic E-state index is 0.0240. The van der Waals surface area contributed by atoms with E-state index in [0.717, 1.165) is 5.56 Å². The van der Waals surface area contributed by atoms with E-state index in [4.69, 9.17) is 10.5 Å². The molecule has 0 aliphatic rings. The summed E-state index contributed by atoms with van der Waals surface area (Å²) in [4.78, 5) is 11.7. The van der Waals surface area contributed by atoms with E-state index in [1.165, 1.54) is 4.68 Å². The van der Waals surface area contributed by atoms with Gasteiger partial charge in [-0.15, -0.1) is 5.10 Å². The molecule has 3 N–H and O–H groups in total. The lowest BCUT2D eigenvalue weighted by molar-refractivity contribution is -0.144. The zero-order valence-corrected chi connectivity index (χ0v) is 12.5. The van der Waals surface area contributed by atoms with Crippen molar-refractivity contribution in [1.29, 1.82) is 0 Å². The summed E-state index contributed by atoms with van der Waals surface area (Å²) in [5, 5.41) is 14.9. The normalized spacial score (nSPS) is 12.1. The van der Waals surface area contributed by atoms with Gasteiger partial charge in [-0.2, -0.15) is 0 Å². The lowest BCUT2D eigenvalue weighted by Crippen LogP contribution is -2.31. The molecule has 22 heavy (non-hydrogen) atoms. The zero-order valence-electron chi connectivity index (χ0n) is 12.5. The van der Waals surface area contributed by atoms with Gasteiger partial charge in [0.1, 0.15) is 6.54 Å². The van der Waals surface area contributed by atoms with Gasteiger partial charge in [0.15, 0.2) is 5.82 Å². The van der Waals surface area contributed by atoms with Crippen LogP contribution in [-0.2, 0) is 16.1 Å². The molecule has 8 nitrogen and oxygen atoms in total. The van der Waals surface area contributed by atoms with E-state index in [0.29, 0.717) is 25.5 Å². The topological polar surface area (TPSA) is 108 Å². The molecule has 0 saturated carbocycles. The second-order valence-electron chi connectivity index (χ2n) is 4.59. The summed E-state index contributed by atoms with van der Waals surface area (Å²) in [5.41, 5.74) is 6.57. The maximum absolute atomic E-state index is 11.7. The van der Waals surface area contributed by atoms with Crippen molar-refractivity contribution in [2.45, 2.75) is 19.5 Å². The van der Waals surface area contributed by atoms with Crippen LogP contribution in [0, 0.1) is 0 Å². The summed E-state index contributed by atoms with van der Waals surface area (Å²) in [6.07, 6.45) is 0. The standard InChI is InChI=1S/C14H20N6O2/c1-2-22-12(21)10-20-14(17-18-19-20)13(16-9-8-15)11-6-4-3-5-7-11/h3-7,13,16H,2,8-10,15H2,1H3. The first-order valence-corrected chi connectivity index (χ1v) is 7.16. The summed E-state index contributed by atoms with van der Waals surface area (Å²) in [7, 11) is 0. The molecule has 0 bridgehead atoms. The van der Waals surface area contributed by atoms with Crippen LogP contribution in [0.5, 0.6) is 0 Å². The lowest BCUT2D eigenvalue weighted by Gasteiger charge is -2.18. The number of benzene rings is 1. The van der Waals surface area contributed by atoms with Gasteiger partial charge in [0.05, 0.1) is 12.6 Å². The third kappa shape index (κ3) is 4.09. The molecule has 2 aromatic rings. The zero-order chi connectivity index (χ0) is 15.8. The summed E-state index contributed by atoms with van der Waals surface area (Å²) >= 11 is 0. The number of aromatic nitrogens is 4. The van der Waals surface area contributed by atoms with Gasteiger partial charge in [-0.25, -0.2) is 4.68 Å². The van der Waals surface area contributed by atoms with Crippen LogP contribution in [0.2, 0.25) is 0 Å². The number of esters is 1. The van der Waals surface area contributed by atoms with Gasteiger partial charge in [-0.05, 0) is 22.9 Å². The Hall–Kier alpha value is -2.32. The van der Waals surface area contributed by atoms with E-state index in [1.807, 2.05) is 30.3 Å². The average Bonchev–Trinajstić information content (AvgIpc) is 2.97. The van der Waals surface area contributed by atoms with Gasteiger partial charge < -0.3 is 15.8 Å². The number of tetrazole rings is 1. The van der Waals surface area contributed by atoms with Gasteiger partial charge in [0.25, 0.3) is 0 Å². The molecule has 1 atom stereocenters. The average molecular weight is 304 g/mol. The number of carbonyl (C=O) groups is 1. The Morgan fingerprint density at radius 3 is 2.86 bits per heavy atom. The Morgan fingerprint density at radius 2 is 2.18 bits per heavy atom. The Bertz CT molecular complexity index is 586. The molecule has 118 valence electrons. The number of hydrogen-bond donors (Lipinski definition) is 2. The molecular weight excluding hydrogens is 284 g/mol. The highest BCUT2D eigenvalue weighted by molar-refractivity contribution is 5.69. The molecule has 8 heteroatoms. The second kappa shape index (κ2) is 8.20. The van der Waals surface area contributed by atoms with E-state index in [2.05, 4.69) is 20.8 Å². The number of hydrogen-bond acceptors (Lipinski definition) is 7. The predicted octanol–water partition coefficient (Wildman–Crippen LogP) is -0.126. The summed E-state index contributed by atoms with van der Waals surface area (Å²) < 4.78 is 6.38. The number of ether oxygens (including phenoxy) is 1. The smallest absolute Gasteiger partial charge is 0.327 e. The maximum atomic E-state index is 11.7. The molecule has 1 heterocycles. The molecule has 1 unspecified atom stereocenters. The van der Waals surface area contributed by atoms with Gasteiger partial charge >= 0.3 is 5.97 Å². The van der Waals surface area contributed by atoms with Crippen LogP contribution in [0.4, 0.5) is 0 Å². The largest absolute Gasteiger partial charge is 0.465 e. The maximum Gasteiger partial charge on any atom is 0.327 e. The van der Waals surface area contributed by atoms with Crippen molar-refractivity contribution in [3.05, 3.63) is 41.7 Å². The quantitative estimate of drug-likeness (QED) is 0.654. The minimum Gasteiger partial charge on any atom is -0.465 e. The van der Waals surface area contributed by atoms with E-state index < -0.39 is 0 Å². The van der Waals surface area contributed by atoms with Crippen LogP contribution in [0.25, 0.3) is 0 Å². The summed E-state index contributed by atoms with van der Waals surface area (Å²) in [6, 6.07) is 9.51. The van der Waals surface area contributed by atoms with Crippen molar-refractivity contribution in [2.75, 3.05) is 19.7 Å². The van der Waals surface area contributed by atoms with Crippen molar-refractivity contribution in [2.24, 2.45) is 5.73 Å². The molecule has 2 rings (SSSR count). The molecule has 0 spiro atoms. The van der Waals surface area contributed by atoms with Gasteiger partial charge in [0.2, 0.25) is 0 Å². The highest BCUT2D eigenvalue weighted by atomic mass is 16.5. The fourth-order valence-corrected chi connectivity index (χ4v) is 2.09. The molecular formula is C14H20N6O2. The lowest BCUT2D eigenvalue weighted by atomic mass is 10.1. The van der Waals surface area contributed by atoms with Crippen molar-refractivity contribution in [1.82, 2.24) is 25.5 Å². The Kier molecular flexibility index (Phi) is 5.99. The fraction of sp³-hybridized carbons (Fsp3) is 0.429. The number of nitrogens with one attached hydrogen (secondary N) is 1. The first-order valence-electron chi connectivity index (χ1n) is 7.16. The van der Waals surface area contributed by atoms with Crippen LogP contribution < -0.4 is 11.1 Å².